The molecule has 4 N–H and O–H groups in total. The summed E-state index contributed by atoms with van der Waals surface area (Å²) in [5, 5.41) is 11.1. The van der Waals surface area contributed by atoms with Crippen molar-refractivity contribution < 1.29 is 0 Å². The van der Waals surface area contributed by atoms with Gasteiger partial charge >= 0.3 is 0 Å². The van der Waals surface area contributed by atoms with E-state index in [2.05, 4.69) is 39.3 Å². The van der Waals surface area contributed by atoms with Gasteiger partial charge in [-0.05, 0) is 12.8 Å². The van der Waals surface area contributed by atoms with E-state index in [1.54, 1.807) is 6.20 Å². The average molecular weight is 234 g/mol. The lowest BCUT2D eigenvalue weighted by atomic mass is 10.1. The van der Waals surface area contributed by atoms with Gasteiger partial charge in [0, 0.05) is 6.04 Å². The van der Waals surface area contributed by atoms with Gasteiger partial charge in [-0.3, -0.25) is 5.10 Å². The smallest absolute Gasteiger partial charge is 0.224 e. The normalized spacial score (nSPS) is 12.8. The highest BCUT2D eigenvalue weighted by Crippen LogP contribution is 2.20. The summed E-state index contributed by atoms with van der Waals surface area (Å²) < 4.78 is 0. The molecule has 6 heteroatoms. The molecule has 0 aliphatic rings. The molecule has 1 unspecified atom stereocenters. The Morgan fingerprint density at radius 2 is 2.24 bits per heavy atom. The van der Waals surface area contributed by atoms with Crippen molar-refractivity contribution in [1.82, 2.24) is 20.2 Å². The molecule has 2 rings (SSSR count). The van der Waals surface area contributed by atoms with Crippen molar-refractivity contribution in [3.8, 4) is 0 Å². The highest BCUT2D eigenvalue weighted by Gasteiger charge is 2.11. The number of nitrogens with one attached hydrogen (secondary N) is 2. The third kappa shape index (κ3) is 2.46. The van der Waals surface area contributed by atoms with Gasteiger partial charge < -0.3 is 11.1 Å². The molecule has 0 spiro atoms. The summed E-state index contributed by atoms with van der Waals surface area (Å²) in [6.07, 6.45) is 5.02. The molecule has 0 bridgehead atoms. The molecule has 0 amide bonds. The molecule has 17 heavy (non-hydrogen) atoms. The van der Waals surface area contributed by atoms with Crippen LogP contribution in [0.3, 0.4) is 0 Å². The molecule has 0 radical (unpaired) electrons. The molecule has 0 fully saturated rings. The number of hydrogen-bond acceptors (Lipinski definition) is 5. The van der Waals surface area contributed by atoms with E-state index in [9.17, 15) is 0 Å². The van der Waals surface area contributed by atoms with Gasteiger partial charge in [0.05, 0.1) is 11.6 Å². The third-order valence-corrected chi connectivity index (χ3v) is 2.80. The van der Waals surface area contributed by atoms with Gasteiger partial charge in [-0.15, -0.1) is 0 Å². The molecule has 0 saturated carbocycles. The van der Waals surface area contributed by atoms with Crippen LogP contribution in [0.5, 0.6) is 0 Å². The second-order valence-corrected chi connectivity index (χ2v) is 4.10. The fraction of sp³-hybridized carbons (Fsp3) is 0.545. The zero-order valence-corrected chi connectivity index (χ0v) is 10.2. The molecule has 92 valence electrons. The van der Waals surface area contributed by atoms with E-state index in [0.717, 1.165) is 30.5 Å². The predicted molar refractivity (Wildman–Crippen MR) is 68.7 cm³/mol. The molecule has 0 aliphatic carbocycles. The Bertz CT molecular complexity index is 492. The van der Waals surface area contributed by atoms with Crippen LogP contribution >= 0.6 is 0 Å². The summed E-state index contributed by atoms with van der Waals surface area (Å²) in [6.45, 7) is 4.33. The second kappa shape index (κ2) is 4.99. The van der Waals surface area contributed by atoms with Crippen molar-refractivity contribution in [3.63, 3.8) is 0 Å². The van der Waals surface area contributed by atoms with Gasteiger partial charge in [0.2, 0.25) is 5.95 Å². The minimum Gasteiger partial charge on any atom is -0.368 e. The molecule has 1 atom stereocenters. The highest BCUT2D eigenvalue weighted by atomic mass is 15.2. The lowest BCUT2D eigenvalue weighted by Gasteiger charge is -2.17. The van der Waals surface area contributed by atoms with E-state index in [1.165, 1.54) is 0 Å². The van der Waals surface area contributed by atoms with Gasteiger partial charge in [0.25, 0.3) is 0 Å². The number of fused-ring (bicyclic) bond motifs is 1. The maximum Gasteiger partial charge on any atom is 0.224 e. The molecule has 0 saturated heterocycles. The summed E-state index contributed by atoms with van der Waals surface area (Å²) in [7, 11) is 0. The van der Waals surface area contributed by atoms with Crippen molar-refractivity contribution in [2.45, 2.75) is 39.2 Å². The van der Waals surface area contributed by atoms with Gasteiger partial charge in [-0.25, -0.2) is 0 Å². The summed E-state index contributed by atoms with van der Waals surface area (Å²) >= 11 is 0. The van der Waals surface area contributed by atoms with E-state index < -0.39 is 0 Å². The van der Waals surface area contributed by atoms with Crippen molar-refractivity contribution in [2.24, 2.45) is 0 Å². The van der Waals surface area contributed by atoms with E-state index in [-0.39, 0.29) is 5.95 Å². The minimum atomic E-state index is 0.260. The van der Waals surface area contributed by atoms with Crippen molar-refractivity contribution in [3.05, 3.63) is 6.20 Å². The maximum absolute atomic E-state index is 5.67. The first-order valence-corrected chi connectivity index (χ1v) is 5.97. The van der Waals surface area contributed by atoms with Crippen LogP contribution in [-0.2, 0) is 0 Å². The number of aromatic amines is 1. The molecule has 6 nitrogen and oxygen atoms in total. The Morgan fingerprint density at radius 3 is 2.94 bits per heavy atom. The lowest BCUT2D eigenvalue weighted by molar-refractivity contribution is 0.621. The van der Waals surface area contributed by atoms with E-state index in [4.69, 9.17) is 5.73 Å². The van der Waals surface area contributed by atoms with E-state index in [0.29, 0.717) is 11.7 Å². The molecular formula is C11H18N6. The Morgan fingerprint density at radius 1 is 1.41 bits per heavy atom. The molecule has 0 aliphatic heterocycles. The zero-order valence-electron chi connectivity index (χ0n) is 10.2. The highest BCUT2D eigenvalue weighted by molar-refractivity contribution is 5.86. The SMILES string of the molecule is CCCC(CC)Nc1nc(N)nc2[nH]ncc12. The van der Waals surface area contributed by atoms with Gasteiger partial charge in [0.15, 0.2) is 5.65 Å². The van der Waals surface area contributed by atoms with Crippen molar-refractivity contribution in [1.29, 1.82) is 0 Å². The van der Waals surface area contributed by atoms with Crippen LogP contribution in [0.2, 0.25) is 0 Å². The second-order valence-electron chi connectivity index (χ2n) is 4.10. The number of anilines is 2. The Balaban J connectivity index is 2.30. The Hall–Kier alpha value is -1.85. The third-order valence-electron chi connectivity index (χ3n) is 2.80. The molecule has 2 aromatic heterocycles. The Kier molecular flexibility index (Phi) is 3.41. The van der Waals surface area contributed by atoms with Crippen LogP contribution in [-0.4, -0.2) is 26.2 Å². The van der Waals surface area contributed by atoms with E-state index in [1.807, 2.05) is 0 Å². The van der Waals surface area contributed by atoms with Gasteiger partial charge in [-0.1, -0.05) is 20.3 Å². The summed E-state index contributed by atoms with van der Waals surface area (Å²) in [5.74, 6) is 1.03. The molecule has 2 aromatic rings. The Labute approximate surface area is 100 Å². The van der Waals surface area contributed by atoms with Gasteiger partial charge in [-0.2, -0.15) is 15.1 Å². The van der Waals surface area contributed by atoms with Gasteiger partial charge in [0.1, 0.15) is 5.82 Å². The average Bonchev–Trinajstić information content (AvgIpc) is 2.76. The maximum atomic E-state index is 5.67. The predicted octanol–water partition coefficient (Wildman–Crippen LogP) is 1.93. The van der Waals surface area contributed by atoms with Crippen LogP contribution in [0.15, 0.2) is 6.20 Å². The van der Waals surface area contributed by atoms with Crippen LogP contribution in [0.4, 0.5) is 11.8 Å². The monoisotopic (exact) mass is 234 g/mol. The van der Waals surface area contributed by atoms with Crippen molar-refractivity contribution >= 4 is 22.8 Å². The molecule has 2 heterocycles. The standard InChI is InChI=1S/C11H18N6/c1-3-5-7(4-2)14-9-8-6-13-17-10(8)16-11(12)15-9/h6-7H,3-5H2,1-2H3,(H4,12,13,14,15,16,17). The molecular weight excluding hydrogens is 216 g/mol. The first-order valence-electron chi connectivity index (χ1n) is 5.97. The number of nitrogens with zero attached hydrogens (tertiary/aromatic N) is 3. The summed E-state index contributed by atoms with van der Waals surface area (Å²) in [4.78, 5) is 8.32. The number of hydrogen-bond donors (Lipinski definition) is 3. The quantitative estimate of drug-likeness (QED) is 0.735. The first kappa shape index (κ1) is 11.6. The van der Waals surface area contributed by atoms with Crippen LogP contribution < -0.4 is 11.1 Å². The van der Waals surface area contributed by atoms with Crippen molar-refractivity contribution in [2.75, 3.05) is 11.1 Å². The number of aromatic nitrogens is 4. The summed E-state index contributed by atoms with van der Waals surface area (Å²) in [6, 6.07) is 0.410. The fourth-order valence-corrected chi connectivity index (χ4v) is 1.88. The largest absolute Gasteiger partial charge is 0.368 e. The summed E-state index contributed by atoms with van der Waals surface area (Å²) in [5.41, 5.74) is 6.34. The molecule has 0 aromatic carbocycles. The zero-order chi connectivity index (χ0) is 12.3. The minimum absolute atomic E-state index is 0.260. The number of nitrogen functional groups attached to an aromatic ring is 1. The van der Waals surface area contributed by atoms with Crippen LogP contribution in [0.1, 0.15) is 33.1 Å². The van der Waals surface area contributed by atoms with Crippen LogP contribution in [0, 0.1) is 0 Å². The number of H-pyrrole nitrogens is 1. The van der Waals surface area contributed by atoms with E-state index >= 15 is 0 Å². The fourth-order valence-electron chi connectivity index (χ4n) is 1.88. The number of nitrogens with two attached hydrogens (primary N) is 1. The topological polar surface area (TPSA) is 92.5 Å². The first-order chi connectivity index (χ1) is 8.24. The van der Waals surface area contributed by atoms with Crippen LogP contribution in [0.25, 0.3) is 11.0 Å². The lowest BCUT2D eigenvalue weighted by Crippen LogP contribution is -2.19. The number of rotatable bonds is 5.